The average Bonchev–Trinajstić information content (AvgIpc) is 2.15. The summed E-state index contributed by atoms with van der Waals surface area (Å²) in [6, 6.07) is 10.2. The Bertz CT molecular complexity index is 210. The van der Waals surface area contributed by atoms with Gasteiger partial charge in [-0.1, -0.05) is 46.3 Å². The van der Waals surface area contributed by atoms with Crippen LogP contribution in [0, 0.1) is 0 Å². The molecule has 1 rings (SSSR count). The van der Waals surface area contributed by atoms with Crippen molar-refractivity contribution in [3.63, 3.8) is 0 Å². The van der Waals surface area contributed by atoms with Gasteiger partial charge in [0.25, 0.3) is 0 Å². The lowest BCUT2D eigenvalue weighted by Gasteiger charge is -2.11. The number of ether oxygens (including phenoxy) is 1. The summed E-state index contributed by atoms with van der Waals surface area (Å²) in [6.07, 6.45) is 0.198. The van der Waals surface area contributed by atoms with Gasteiger partial charge in [0.2, 0.25) is 0 Å². The predicted molar refractivity (Wildman–Crippen MR) is 54.6 cm³/mol. The summed E-state index contributed by atoms with van der Waals surface area (Å²) in [5.74, 6) is 0. The summed E-state index contributed by atoms with van der Waals surface area (Å²) < 4.78 is 5.53. The first-order valence-electron chi connectivity index (χ1n) is 4.07. The molecule has 0 aliphatic carbocycles. The molecular weight excluding hydrogens is 216 g/mol. The Morgan fingerprint density at radius 1 is 1.33 bits per heavy atom. The lowest BCUT2D eigenvalue weighted by molar-refractivity contribution is 0.0790. The van der Waals surface area contributed by atoms with Gasteiger partial charge in [-0.2, -0.15) is 0 Å². The summed E-state index contributed by atoms with van der Waals surface area (Å²) >= 11 is 3.33. The smallest absolute Gasteiger partial charge is 0.0797 e. The third kappa shape index (κ3) is 2.95. The van der Waals surface area contributed by atoms with E-state index in [2.05, 4.69) is 35.0 Å². The predicted octanol–water partition coefficient (Wildman–Crippen LogP) is 3.16. The first-order valence-corrected chi connectivity index (χ1v) is 5.19. The molecule has 12 heavy (non-hydrogen) atoms. The fourth-order valence-electron chi connectivity index (χ4n) is 1.04. The SMILES string of the molecule is CC(OCCBr)c1ccccc1. The van der Waals surface area contributed by atoms with Gasteiger partial charge in [0.1, 0.15) is 0 Å². The molecule has 0 amide bonds. The van der Waals surface area contributed by atoms with Gasteiger partial charge in [0.15, 0.2) is 0 Å². The molecule has 1 aromatic carbocycles. The van der Waals surface area contributed by atoms with Crippen LogP contribution in [0.2, 0.25) is 0 Å². The van der Waals surface area contributed by atoms with Gasteiger partial charge in [-0.3, -0.25) is 0 Å². The van der Waals surface area contributed by atoms with Crippen LogP contribution in [-0.2, 0) is 4.74 Å². The third-order valence-corrected chi connectivity index (χ3v) is 2.04. The number of hydrogen-bond donors (Lipinski definition) is 0. The molecule has 2 heteroatoms. The Balaban J connectivity index is 2.48. The molecule has 0 spiro atoms. The molecule has 0 radical (unpaired) electrons. The minimum atomic E-state index is 0.198. The molecule has 1 unspecified atom stereocenters. The van der Waals surface area contributed by atoms with E-state index < -0.39 is 0 Å². The Morgan fingerprint density at radius 2 is 2.00 bits per heavy atom. The summed E-state index contributed by atoms with van der Waals surface area (Å²) in [5, 5.41) is 0.893. The number of benzene rings is 1. The lowest BCUT2D eigenvalue weighted by atomic mass is 10.1. The maximum Gasteiger partial charge on any atom is 0.0797 e. The van der Waals surface area contributed by atoms with Gasteiger partial charge in [-0.25, -0.2) is 0 Å². The van der Waals surface area contributed by atoms with E-state index in [1.165, 1.54) is 5.56 Å². The van der Waals surface area contributed by atoms with Crippen molar-refractivity contribution in [3.05, 3.63) is 35.9 Å². The maximum absolute atomic E-state index is 5.53. The topological polar surface area (TPSA) is 9.23 Å². The number of halogens is 1. The van der Waals surface area contributed by atoms with Crippen LogP contribution in [-0.4, -0.2) is 11.9 Å². The van der Waals surface area contributed by atoms with Gasteiger partial charge in [0.05, 0.1) is 12.7 Å². The van der Waals surface area contributed by atoms with Gasteiger partial charge < -0.3 is 4.74 Å². The van der Waals surface area contributed by atoms with Crippen molar-refractivity contribution >= 4 is 15.9 Å². The molecule has 0 N–H and O–H groups in total. The van der Waals surface area contributed by atoms with Crippen LogP contribution in [0.25, 0.3) is 0 Å². The second kappa shape index (κ2) is 5.33. The highest BCUT2D eigenvalue weighted by molar-refractivity contribution is 9.09. The van der Waals surface area contributed by atoms with Gasteiger partial charge in [-0.15, -0.1) is 0 Å². The van der Waals surface area contributed by atoms with Crippen molar-refractivity contribution in [3.8, 4) is 0 Å². The van der Waals surface area contributed by atoms with Crippen LogP contribution in [0.4, 0.5) is 0 Å². The Hall–Kier alpha value is -0.340. The number of rotatable bonds is 4. The van der Waals surface area contributed by atoms with E-state index in [0.29, 0.717) is 0 Å². The minimum Gasteiger partial charge on any atom is -0.373 e. The molecular formula is C10H13BrO. The van der Waals surface area contributed by atoms with Crippen LogP contribution in [0.1, 0.15) is 18.6 Å². The standard InChI is InChI=1S/C10H13BrO/c1-9(12-8-7-11)10-5-3-2-4-6-10/h2-6,9H,7-8H2,1H3. The summed E-state index contributed by atoms with van der Waals surface area (Å²) in [6.45, 7) is 2.83. The first-order chi connectivity index (χ1) is 5.84. The molecule has 0 fully saturated rings. The fraction of sp³-hybridized carbons (Fsp3) is 0.400. The van der Waals surface area contributed by atoms with Crippen molar-refractivity contribution in [2.75, 3.05) is 11.9 Å². The van der Waals surface area contributed by atoms with Gasteiger partial charge in [0, 0.05) is 5.33 Å². The lowest BCUT2D eigenvalue weighted by Crippen LogP contribution is -2.01. The van der Waals surface area contributed by atoms with E-state index >= 15 is 0 Å². The Labute approximate surface area is 81.9 Å². The van der Waals surface area contributed by atoms with Crippen LogP contribution < -0.4 is 0 Å². The zero-order valence-electron chi connectivity index (χ0n) is 7.16. The van der Waals surface area contributed by atoms with Crippen LogP contribution in [0.5, 0.6) is 0 Å². The zero-order chi connectivity index (χ0) is 8.81. The number of alkyl halides is 1. The molecule has 0 saturated heterocycles. The highest BCUT2D eigenvalue weighted by Crippen LogP contribution is 2.15. The summed E-state index contributed by atoms with van der Waals surface area (Å²) in [4.78, 5) is 0. The van der Waals surface area contributed by atoms with E-state index in [1.807, 2.05) is 18.2 Å². The molecule has 1 nitrogen and oxygen atoms in total. The minimum absolute atomic E-state index is 0.198. The second-order valence-electron chi connectivity index (χ2n) is 2.61. The molecule has 0 aliphatic heterocycles. The van der Waals surface area contributed by atoms with Gasteiger partial charge in [-0.05, 0) is 12.5 Å². The van der Waals surface area contributed by atoms with Crippen molar-refractivity contribution in [2.45, 2.75) is 13.0 Å². The summed E-state index contributed by atoms with van der Waals surface area (Å²) in [7, 11) is 0. The molecule has 0 bridgehead atoms. The third-order valence-electron chi connectivity index (χ3n) is 1.71. The van der Waals surface area contributed by atoms with Crippen LogP contribution >= 0.6 is 15.9 Å². The molecule has 0 aromatic heterocycles. The van der Waals surface area contributed by atoms with Crippen LogP contribution in [0.15, 0.2) is 30.3 Å². The zero-order valence-corrected chi connectivity index (χ0v) is 8.75. The normalized spacial score (nSPS) is 12.8. The van der Waals surface area contributed by atoms with E-state index in [1.54, 1.807) is 0 Å². The molecule has 0 heterocycles. The quantitative estimate of drug-likeness (QED) is 0.720. The largest absolute Gasteiger partial charge is 0.373 e. The van der Waals surface area contributed by atoms with Crippen molar-refractivity contribution in [1.82, 2.24) is 0 Å². The van der Waals surface area contributed by atoms with Crippen molar-refractivity contribution in [2.24, 2.45) is 0 Å². The second-order valence-corrected chi connectivity index (χ2v) is 3.41. The first kappa shape index (κ1) is 9.75. The highest BCUT2D eigenvalue weighted by atomic mass is 79.9. The Morgan fingerprint density at radius 3 is 2.58 bits per heavy atom. The number of hydrogen-bond acceptors (Lipinski definition) is 1. The molecule has 1 atom stereocenters. The van der Waals surface area contributed by atoms with Crippen molar-refractivity contribution < 1.29 is 4.74 Å². The Kier molecular flexibility index (Phi) is 4.33. The van der Waals surface area contributed by atoms with Gasteiger partial charge >= 0.3 is 0 Å². The molecule has 0 aliphatic rings. The van der Waals surface area contributed by atoms with E-state index in [9.17, 15) is 0 Å². The van der Waals surface area contributed by atoms with E-state index in [-0.39, 0.29) is 6.10 Å². The highest BCUT2D eigenvalue weighted by Gasteiger charge is 2.02. The average molecular weight is 229 g/mol. The molecule has 66 valence electrons. The fourth-order valence-corrected chi connectivity index (χ4v) is 1.23. The summed E-state index contributed by atoms with van der Waals surface area (Å²) in [5.41, 5.74) is 1.23. The van der Waals surface area contributed by atoms with E-state index in [4.69, 9.17) is 4.74 Å². The van der Waals surface area contributed by atoms with Crippen molar-refractivity contribution in [1.29, 1.82) is 0 Å². The monoisotopic (exact) mass is 228 g/mol. The van der Waals surface area contributed by atoms with E-state index in [0.717, 1.165) is 11.9 Å². The van der Waals surface area contributed by atoms with Crippen LogP contribution in [0.3, 0.4) is 0 Å². The molecule has 1 aromatic rings. The maximum atomic E-state index is 5.53. The molecule has 0 saturated carbocycles.